The molecule has 1 aromatic heterocycles. The zero-order valence-electron chi connectivity index (χ0n) is 17.1. The smallest absolute Gasteiger partial charge is 0.145 e. The summed E-state index contributed by atoms with van der Waals surface area (Å²) < 4.78 is 5.52. The van der Waals surface area contributed by atoms with Gasteiger partial charge >= 0.3 is 0 Å². The third-order valence-electron chi connectivity index (χ3n) is 8.59. The first-order valence-electron chi connectivity index (χ1n) is 11.7. The van der Waals surface area contributed by atoms with E-state index in [0.29, 0.717) is 17.8 Å². The molecule has 0 atom stereocenters. The van der Waals surface area contributed by atoms with E-state index < -0.39 is 0 Å². The number of carbonyl (C=O) groups excluding carboxylic acids is 1. The predicted molar refractivity (Wildman–Crippen MR) is 107 cm³/mol. The van der Waals surface area contributed by atoms with Gasteiger partial charge in [-0.1, -0.05) is 5.16 Å². The molecule has 1 aromatic rings. The Hall–Kier alpha value is -1.16. The van der Waals surface area contributed by atoms with Crippen LogP contribution in [0, 0.1) is 16.7 Å². The minimum absolute atomic E-state index is 0.103. The van der Waals surface area contributed by atoms with Crippen molar-refractivity contribution in [3.8, 4) is 0 Å². The maximum absolute atomic E-state index is 10.4. The van der Waals surface area contributed by atoms with Crippen molar-refractivity contribution in [2.24, 2.45) is 16.7 Å². The molecular formula is C24H35NO3. The van der Waals surface area contributed by atoms with Crippen molar-refractivity contribution in [3.63, 3.8) is 0 Å². The van der Waals surface area contributed by atoms with Crippen molar-refractivity contribution in [3.05, 3.63) is 17.0 Å². The van der Waals surface area contributed by atoms with Gasteiger partial charge in [-0.3, -0.25) is 0 Å². The number of aliphatic hydroxyl groups excluding tert-OH is 1. The van der Waals surface area contributed by atoms with Gasteiger partial charge in [-0.05, 0) is 101 Å². The minimum Gasteiger partial charge on any atom is -0.391 e. The van der Waals surface area contributed by atoms with Crippen LogP contribution in [-0.2, 0) is 11.4 Å². The average molecular weight is 386 g/mol. The van der Waals surface area contributed by atoms with E-state index in [-0.39, 0.29) is 6.61 Å². The van der Waals surface area contributed by atoms with Crippen LogP contribution in [0.5, 0.6) is 0 Å². The van der Waals surface area contributed by atoms with Crippen molar-refractivity contribution in [2.75, 3.05) is 0 Å². The average Bonchev–Trinajstić information content (AvgIpc) is 3.66. The summed E-state index contributed by atoms with van der Waals surface area (Å²) in [5.74, 6) is 2.48. The number of hydrogen-bond donors (Lipinski definition) is 1. The number of hydrogen-bond acceptors (Lipinski definition) is 4. The monoisotopic (exact) mass is 385 g/mol. The molecule has 1 N–H and O–H groups in total. The van der Waals surface area contributed by atoms with E-state index in [2.05, 4.69) is 5.16 Å². The number of rotatable bonds is 4. The van der Waals surface area contributed by atoms with E-state index >= 15 is 0 Å². The van der Waals surface area contributed by atoms with Gasteiger partial charge in [0, 0.05) is 23.3 Å². The second kappa shape index (κ2) is 7.27. The van der Waals surface area contributed by atoms with Crippen LogP contribution in [0.3, 0.4) is 0 Å². The lowest BCUT2D eigenvalue weighted by Crippen LogP contribution is -2.15. The molecule has 0 aliphatic heterocycles. The Morgan fingerprint density at radius 2 is 1.43 bits per heavy atom. The molecule has 0 saturated heterocycles. The summed E-state index contributed by atoms with van der Waals surface area (Å²) in [7, 11) is 0. The molecule has 0 aromatic carbocycles. The Morgan fingerprint density at radius 1 is 0.857 bits per heavy atom. The van der Waals surface area contributed by atoms with Gasteiger partial charge in [0.2, 0.25) is 0 Å². The summed E-state index contributed by atoms with van der Waals surface area (Å²) in [4.78, 5) is 10.4. The van der Waals surface area contributed by atoms with Crippen molar-refractivity contribution >= 4 is 6.29 Å². The summed E-state index contributed by atoms with van der Waals surface area (Å²) >= 11 is 0. The minimum atomic E-state index is 0.103. The Morgan fingerprint density at radius 3 is 1.89 bits per heavy atom. The summed E-state index contributed by atoms with van der Waals surface area (Å²) in [5.41, 5.74) is 3.57. The molecule has 5 aliphatic carbocycles. The lowest BCUT2D eigenvalue weighted by molar-refractivity contribution is -0.112. The highest BCUT2D eigenvalue weighted by Crippen LogP contribution is 2.59. The van der Waals surface area contributed by atoms with Crippen LogP contribution in [0.1, 0.15) is 119 Å². The molecule has 1 heterocycles. The normalized spacial score (nSPS) is 30.0. The summed E-state index contributed by atoms with van der Waals surface area (Å²) in [6.45, 7) is 0.103. The van der Waals surface area contributed by atoms with Crippen LogP contribution in [-0.4, -0.2) is 16.5 Å². The number of aldehydes is 1. The zero-order chi connectivity index (χ0) is 19.2. The van der Waals surface area contributed by atoms with Crippen molar-refractivity contribution in [2.45, 2.75) is 108 Å². The van der Waals surface area contributed by atoms with Gasteiger partial charge in [-0.25, -0.2) is 0 Å². The van der Waals surface area contributed by atoms with E-state index in [4.69, 9.17) is 4.52 Å². The van der Waals surface area contributed by atoms with Crippen LogP contribution < -0.4 is 0 Å². The summed E-state index contributed by atoms with van der Waals surface area (Å²) in [6.07, 6.45) is 19.5. The topological polar surface area (TPSA) is 63.3 Å². The van der Waals surface area contributed by atoms with Gasteiger partial charge in [0.25, 0.3) is 0 Å². The fourth-order valence-electron chi connectivity index (χ4n) is 5.73. The van der Waals surface area contributed by atoms with Crippen molar-refractivity contribution < 1.29 is 14.4 Å². The first-order valence-corrected chi connectivity index (χ1v) is 11.7. The Balaban J connectivity index is 0.000000145. The molecule has 28 heavy (non-hydrogen) atoms. The summed E-state index contributed by atoms with van der Waals surface area (Å²) in [6, 6.07) is 0. The predicted octanol–water partition coefficient (Wildman–Crippen LogP) is 5.64. The van der Waals surface area contributed by atoms with Crippen LogP contribution in [0.4, 0.5) is 0 Å². The van der Waals surface area contributed by atoms with Gasteiger partial charge in [-0.15, -0.1) is 0 Å². The number of carbonyl (C=O) groups is 1. The molecular weight excluding hydrogens is 350 g/mol. The number of aliphatic hydroxyl groups is 1. The fraction of sp³-hybridized carbons (Fsp3) is 0.833. The molecule has 5 saturated carbocycles. The van der Waals surface area contributed by atoms with Gasteiger partial charge in [-0.2, -0.15) is 0 Å². The second-order valence-electron chi connectivity index (χ2n) is 10.6. The van der Waals surface area contributed by atoms with E-state index in [0.717, 1.165) is 34.1 Å². The quantitative estimate of drug-likeness (QED) is 0.682. The molecule has 5 fully saturated rings. The maximum atomic E-state index is 10.4. The third kappa shape index (κ3) is 3.81. The van der Waals surface area contributed by atoms with E-state index in [1.54, 1.807) is 0 Å². The van der Waals surface area contributed by atoms with Crippen LogP contribution in [0.25, 0.3) is 0 Å². The standard InChI is InChI=1S/C15H21NO2.C9H14O/c17-9-12-13(16-18-14(12)11-1-2-11)10-3-5-15(6-4-10)7-8-15;10-7-8-1-3-9(4-2-8)5-6-9/h10-11,17H,1-9H2;7-8H,1-6H2. The van der Waals surface area contributed by atoms with Gasteiger partial charge in [0.05, 0.1) is 12.3 Å². The van der Waals surface area contributed by atoms with Crippen LogP contribution in [0.2, 0.25) is 0 Å². The Bertz CT molecular complexity index is 691. The first kappa shape index (κ1) is 18.8. The Labute approximate surface area is 168 Å². The van der Waals surface area contributed by atoms with Crippen molar-refractivity contribution in [1.29, 1.82) is 0 Å². The lowest BCUT2D eigenvalue weighted by Gasteiger charge is -2.27. The van der Waals surface area contributed by atoms with Gasteiger partial charge < -0.3 is 14.4 Å². The molecule has 2 spiro atoms. The zero-order valence-corrected chi connectivity index (χ0v) is 17.1. The maximum Gasteiger partial charge on any atom is 0.145 e. The van der Waals surface area contributed by atoms with E-state index in [1.165, 1.54) is 89.9 Å². The highest BCUT2D eigenvalue weighted by molar-refractivity contribution is 5.53. The molecule has 4 heteroatoms. The molecule has 6 rings (SSSR count). The molecule has 154 valence electrons. The van der Waals surface area contributed by atoms with Crippen LogP contribution >= 0.6 is 0 Å². The highest BCUT2D eigenvalue weighted by atomic mass is 16.5. The molecule has 4 nitrogen and oxygen atoms in total. The number of nitrogens with zero attached hydrogens (tertiary/aromatic N) is 1. The largest absolute Gasteiger partial charge is 0.391 e. The number of aromatic nitrogens is 1. The molecule has 5 aliphatic rings. The first-order chi connectivity index (χ1) is 13.7. The Kier molecular flexibility index (Phi) is 4.89. The molecule has 0 unspecified atom stereocenters. The van der Waals surface area contributed by atoms with E-state index in [9.17, 15) is 9.90 Å². The molecule has 0 amide bonds. The molecule has 0 bridgehead atoms. The SMILES string of the molecule is O=CC1CCC2(CC1)CC2.OCc1c(C2CCC3(CC2)CC3)noc1C1CC1. The van der Waals surface area contributed by atoms with Gasteiger partial charge in [0.15, 0.2) is 0 Å². The van der Waals surface area contributed by atoms with Gasteiger partial charge in [0.1, 0.15) is 12.0 Å². The highest BCUT2D eigenvalue weighted by Gasteiger charge is 2.46. The van der Waals surface area contributed by atoms with E-state index in [1.807, 2.05) is 0 Å². The third-order valence-corrected chi connectivity index (χ3v) is 8.59. The summed E-state index contributed by atoms with van der Waals surface area (Å²) in [5, 5.41) is 13.9. The van der Waals surface area contributed by atoms with Crippen molar-refractivity contribution in [1.82, 2.24) is 5.16 Å². The second-order valence-corrected chi connectivity index (χ2v) is 10.6. The lowest BCUT2D eigenvalue weighted by atomic mass is 9.77. The molecule has 0 radical (unpaired) electrons. The fourth-order valence-corrected chi connectivity index (χ4v) is 5.73. The van der Waals surface area contributed by atoms with Crippen LogP contribution in [0.15, 0.2) is 4.52 Å².